The minimum atomic E-state index is -0.414. The molecule has 16 heavy (non-hydrogen) atoms. The molecule has 5 heteroatoms. The van der Waals surface area contributed by atoms with Crippen molar-refractivity contribution in [3.63, 3.8) is 0 Å². The Morgan fingerprint density at radius 1 is 1.44 bits per heavy atom. The largest absolute Gasteiger partial charge is 0.492 e. The van der Waals surface area contributed by atoms with Crippen molar-refractivity contribution < 1.29 is 9.66 Å². The summed E-state index contributed by atoms with van der Waals surface area (Å²) in [7, 11) is 0. The maximum absolute atomic E-state index is 10.4. The first kappa shape index (κ1) is 10.9. The summed E-state index contributed by atoms with van der Waals surface area (Å²) in [6.07, 6.45) is 2.32. The highest BCUT2D eigenvalue weighted by Crippen LogP contribution is 2.18. The molecule has 0 amide bonds. The fourth-order valence-corrected chi connectivity index (χ4v) is 1.76. The Balaban J connectivity index is 1.87. The Hall–Kier alpha value is -1.62. The number of non-ortho nitro benzene ring substituents is 1. The Morgan fingerprint density at radius 2 is 2.19 bits per heavy atom. The molecule has 2 rings (SSSR count). The summed E-state index contributed by atoms with van der Waals surface area (Å²) in [5, 5.41) is 13.8. The summed E-state index contributed by atoms with van der Waals surface area (Å²) in [5.41, 5.74) is 0.0892. The second-order valence-corrected chi connectivity index (χ2v) is 3.86. The standard InChI is InChI=1S/C11H14N2O3/c14-13(15)10-3-5-11(6-4-10)16-8-9-2-1-7-12-9/h3-6,9,12H,1-2,7-8H2. The van der Waals surface area contributed by atoms with E-state index in [1.54, 1.807) is 12.1 Å². The minimum absolute atomic E-state index is 0.0892. The molecule has 0 aromatic heterocycles. The van der Waals surface area contributed by atoms with Gasteiger partial charge < -0.3 is 10.1 Å². The molecule has 1 heterocycles. The number of nitro benzene ring substituents is 1. The van der Waals surface area contributed by atoms with Crippen LogP contribution in [0.15, 0.2) is 24.3 Å². The van der Waals surface area contributed by atoms with Gasteiger partial charge >= 0.3 is 0 Å². The molecule has 1 saturated heterocycles. The molecule has 0 bridgehead atoms. The molecular weight excluding hydrogens is 208 g/mol. The van der Waals surface area contributed by atoms with Crippen molar-refractivity contribution in [2.75, 3.05) is 13.2 Å². The molecule has 5 nitrogen and oxygen atoms in total. The molecule has 1 fully saturated rings. The average molecular weight is 222 g/mol. The van der Waals surface area contributed by atoms with E-state index in [1.807, 2.05) is 0 Å². The quantitative estimate of drug-likeness (QED) is 0.622. The van der Waals surface area contributed by atoms with Crippen LogP contribution in [0.4, 0.5) is 5.69 Å². The zero-order valence-electron chi connectivity index (χ0n) is 8.89. The van der Waals surface area contributed by atoms with Crippen molar-refractivity contribution >= 4 is 5.69 Å². The third kappa shape index (κ3) is 2.70. The monoisotopic (exact) mass is 222 g/mol. The van der Waals surface area contributed by atoms with E-state index in [0.29, 0.717) is 18.4 Å². The predicted octanol–water partition coefficient (Wildman–Crippen LogP) is 1.73. The Bertz CT molecular complexity index is 358. The number of nitrogens with zero attached hydrogens (tertiary/aromatic N) is 1. The maximum atomic E-state index is 10.4. The number of ether oxygens (including phenoxy) is 1. The van der Waals surface area contributed by atoms with E-state index >= 15 is 0 Å². The van der Waals surface area contributed by atoms with Gasteiger partial charge in [-0.15, -0.1) is 0 Å². The summed E-state index contributed by atoms with van der Waals surface area (Å²) in [6.45, 7) is 1.67. The summed E-state index contributed by atoms with van der Waals surface area (Å²) in [4.78, 5) is 10.0. The lowest BCUT2D eigenvalue weighted by atomic mass is 10.2. The van der Waals surface area contributed by atoms with Gasteiger partial charge in [0.1, 0.15) is 12.4 Å². The first-order valence-electron chi connectivity index (χ1n) is 5.36. The molecule has 1 N–H and O–H groups in total. The molecule has 86 valence electrons. The van der Waals surface area contributed by atoms with Gasteiger partial charge in [0, 0.05) is 18.2 Å². The van der Waals surface area contributed by atoms with Gasteiger partial charge in [-0.05, 0) is 31.5 Å². The van der Waals surface area contributed by atoms with Crippen LogP contribution in [0, 0.1) is 10.1 Å². The van der Waals surface area contributed by atoms with Gasteiger partial charge in [0.15, 0.2) is 0 Å². The van der Waals surface area contributed by atoms with Crippen LogP contribution < -0.4 is 10.1 Å². The van der Waals surface area contributed by atoms with Gasteiger partial charge in [-0.1, -0.05) is 0 Å². The SMILES string of the molecule is O=[N+]([O-])c1ccc(OCC2CCCN2)cc1. The van der Waals surface area contributed by atoms with E-state index in [9.17, 15) is 10.1 Å². The number of hydrogen-bond acceptors (Lipinski definition) is 4. The van der Waals surface area contributed by atoms with E-state index in [4.69, 9.17) is 4.74 Å². The van der Waals surface area contributed by atoms with Crippen molar-refractivity contribution in [3.8, 4) is 5.75 Å². The fraction of sp³-hybridized carbons (Fsp3) is 0.455. The van der Waals surface area contributed by atoms with Gasteiger partial charge in [-0.2, -0.15) is 0 Å². The lowest BCUT2D eigenvalue weighted by Gasteiger charge is -2.11. The molecule has 1 unspecified atom stereocenters. The Kier molecular flexibility index (Phi) is 3.36. The highest BCUT2D eigenvalue weighted by Gasteiger charge is 2.14. The van der Waals surface area contributed by atoms with E-state index in [1.165, 1.54) is 18.6 Å². The molecule has 0 radical (unpaired) electrons. The van der Waals surface area contributed by atoms with Gasteiger partial charge in [-0.25, -0.2) is 0 Å². The highest BCUT2D eigenvalue weighted by molar-refractivity contribution is 5.35. The molecule has 1 atom stereocenters. The summed E-state index contributed by atoms with van der Waals surface area (Å²) >= 11 is 0. The number of benzene rings is 1. The van der Waals surface area contributed by atoms with Crippen molar-refractivity contribution in [3.05, 3.63) is 34.4 Å². The molecule has 1 aliphatic heterocycles. The molecular formula is C11H14N2O3. The summed E-state index contributed by atoms with van der Waals surface area (Å²) in [6, 6.07) is 6.59. The second kappa shape index (κ2) is 4.94. The zero-order valence-corrected chi connectivity index (χ0v) is 8.89. The number of nitro groups is 1. The first-order valence-corrected chi connectivity index (χ1v) is 5.36. The number of rotatable bonds is 4. The normalized spacial score (nSPS) is 19.6. The molecule has 1 aromatic rings. The van der Waals surface area contributed by atoms with Gasteiger partial charge in [0.25, 0.3) is 5.69 Å². The smallest absolute Gasteiger partial charge is 0.269 e. The van der Waals surface area contributed by atoms with Crippen molar-refractivity contribution in [2.45, 2.75) is 18.9 Å². The topological polar surface area (TPSA) is 64.4 Å². The van der Waals surface area contributed by atoms with E-state index in [0.717, 1.165) is 13.0 Å². The van der Waals surface area contributed by atoms with E-state index in [2.05, 4.69) is 5.32 Å². The van der Waals surface area contributed by atoms with Crippen LogP contribution in [-0.2, 0) is 0 Å². The lowest BCUT2D eigenvalue weighted by molar-refractivity contribution is -0.384. The van der Waals surface area contributed by atoms with Crippen LogP contribution in [0.1, 0.15) is 12.8 Å². The van der Waals surface area contributed by atoms with Gasteiger partial charge in [-0.3, -0.25) is 10.1 Å². The molecule has 1 aliphatic rings. The van der Waals surface area contributed by atoms with Gasteiger partial charge in [0.2, 0.25) is 0 Å². The van der Waals surface area contributed by atoms with Crippen LogP contribution in [0.3, 0.4) is 0 Å². The maximum Gasteiger partial charge on any atom is 0.269 e. The van der Waals surface area contributed by atoms with E-state index < -0.39 is 4.92 Å². The van der Waals surface area contributed by atoms with Crippen molar-refractivity contribution in [1.82, 2.24) is 5.32 Å². The second-order valence-electron chi connectivity index (χ2n) is 3.86. The fourth-order valence-electron chi connectivity index (χ4n) is 1.76. The van der Waals surface area contributed by atoms with Crippen LogP contribution in [0.5, 0.6) is 5.75 Å². The third-order valence-corrected chi connectivity index (χ3v) is 2.66. The Morgan fingerprint density at radius 3 is 2.75 bits per heavy atom. The van der Waals surface area contributed by atoms with E-state index in [-0.39, 0.29) is 5.69 Å². The molecule has 0 aliphatic carbocycles. The molecule has 0 spiro atoms. The van der Waals surface area contributed by atoms with Crippen LogP contribution in [0.2, 0.25) is 0 Å². The minimum Gasteiger partial charge on any atom is -0.492 e. The van der Waals surface area contributed by atoms with Gasteiger partial charge in [0.05, 0.1) is 4.92 Å². The van der Waals surface area contributed by atoms with Crippen molar-refractivity contribution in [2.24, 2.45) is 0 Å². The van der Waals surface area contributed by atoms with Crippen LogP contribution in [0.25, 0.3) is 0 Å². The Labute approximate surface area is 93.6 Å². The zero-order chi connectivity index (χ0) is 11.4. The first-order chi connectivity index (χ1) is 7.75. The third-order valence-electron chi connectivity index (χ3n) is 2.66. The summed E-state index contributed by atoms with van der Waals surface area (Å²) in [5.74, 6) is 0.680. The molecule has 1 aromatic carbocycles. The highest BCUT2D eigenvalue weighted by atomic mass is 16.6. The lowest BCUT2D eigenvalue weighted by Crippen LogP contribution is -2.28. The summed E-state index contributed by atoms with van der Waals surface area (Å²) < 4.78 is 5.54. The molecule has 0 saturated carbocycles. The average Bonchev–Trinajstić information content (AvgIpc) is 2.80. The number of hydrogen-bond donors (Lipinski definition) is 1. The van der Waals surface area contributed by atoms with Crippen molar-refractivity contribution in [1.29, 1.82) is 0 Å². The predicted molar refractivity (Wildman–Crippen MR) is 59.6 cm³/mol. The number of nitrogens with one attached hydrogen (secondary N) is 1. The van der Waals surface area contributed by atoms with Crippen LogP contribution in [-0.4, -0.2) is 24.1 Å². The van der Waals surface area contributed by atoms with Crippen LogP contribution >= 0.6 is 0 Å².